The van der Waals surface area contributed by atoms with Crippen molar-refractivity contribution in [2.75, 3.05) is 0 Å². The minimum atomic E-state index is -2.46. The fourth-order valence-corrected chi connectivity index (χ4v) is 5.16. The van der Waals surface area contributed by atoms with Crippen LogP contribution in [0, 0.1) is 19.2 Å². The van der Waals surface area contributed by atoms with Crippen LogP contribution in [0.15, 0.2) is 77.3 Å². The Morgan fingerprint density at radius 2 is 1.66 bits per heavy atom. The van der Waals surface area contributed by atoms with Gasteiger partial charge in [0, 0.05) is 29.3 Å². The van der Waals surface area contributed by atoms with Crippen molar-refractivity contribution in [2.45, 2.75) is 40.9 Å². The summed E-state index contributed by atoms with van der Waals surface area (Å²) in [5.74, 6) is 0. The Labute approximate surface area is 213 Å². The number of aryl methyl sites for hydroxylation is 3. The number of hydrogen-bond acceptors (Lipinski definition) is 1. The molecule has 2 heteroatoms. The summed E-state index contributed by atoms with van der Waals surface area (Å²) in [5, 5.41) is 6.56. The highest BCUT2D eigenvalue weighted by atomic mass is 16.3. The molecule has 0 radical (unpaired) electrons. The van der Waals surface area contributed by atoms with E-state index in [0.717, 1.165) is 38.3 Å². The van der Waals surface area contributed by atoms with Crippen LogP contribution in [0.4, 0.5) is 0 Å². The average Bonchev–Trinajstić information content (AvgIpc) is 3.23. The van der Waals surface area contributed by atoms with E-state index in [1.807, 2.05) is 32.2 Å². The molecular formula is C33H32NO+. The van der Waals surface area contributed by atoms with Crippen LogP contribution in [-0.2, 0) is 13.4 Å². The predicted octanol–water partition coefficient (Wildman–Crippen LogP) is 8.59. The van der Waals surface area contributed by atoms with Crippen molar-refractivity contribution < 1.29 is 15.8 Å². The van der Waals surface area contributed by atoms with Gasteiger partial charge in [-0.15, -0.1) is 0 Å². The number of fused-ring (bicyclic) bond motifs is 6. The lowest BCUT2D eigenvalue weighted by Gasteiger charge is -2.19. The molecule has 0 bridgehead atoms. The van der Waals surface area contributed by atoms with E-state index in [1.165, 1.54) is 10.8 Å². The zero-order valence-electron chi connectivity index (χ0n) is 25.8. The first kappa shape index (κ1) is 16.9. The van der Waals surface area contributed by atoms with E-state index in [1.54, 1.807) is 37.6 Å². The first-order valence-electron chi connectivity index (χ1n) is 14.5. The molecule has 4 aromatic carbocycles. The van der Waals surface area contributed by atoms with Gasteiger partial charge in [0.05, 0.1) is 5.56 Å². The third kappa shape index (κ3) is 3.60. The van der Waals surface area contributed by atoms with Gasteiger partial charge in [-0.1, -0.05) is 69.3 Å². The summed E-state index contributed by atoms with van der Waals surface area (Å²) in [5.41, 5.74) is 3.34. The van der Waals surface area contributed by atoms with Crippen LogP contribution in [0.5, 0.6) is 0 Å². The van der Waals surface area contributed by atoms with E-state index >= 15 is 0 Å². The summed E-state index contributed by atoms with van der Waals surface area (Å²) in [6, 6.07) is 22.7. The van der Waals surface area contributed by atoms with E-state index in [4.69, 9.17) is 11.3 Å². The van der Waals surface area contributed by atoms with Crippen LogP contribution >= 0.6 is 0 Å². The summed E-state index contributed by atoms with van der Waals surface area (Å²) in [6.07, 6.45) is -0.337. The molecule has 0 aliphatic carbocycles. The van der Waals surface area contributed by atoms with Crippen molar-refractivity contribution in [1.29, 1.82) is 0 Å². The zero-order valence-corrected chi connectivity index (χ0v) is 20.8. The lowest BCUT2D eigenvalue weighted by atomic mass is 9.86. The van der Waals surface area contributed by atoms with Crippen LogP contribution in [0.3, 0.4) is 0 Å². The fraction of sp³-hybridized carbons (Fsp3) is 0.242. The molecule has 0 fully saturated rings. The molecule has 6 rings (SSSR count). The van der Waals surface area contributed by atoms with E-state index in [0.29, 0.717) is 11.3 Å². The van der Waals surface area contributed by atoms with Gasteiger partial charge >= 0.3 is 0 Å². The first-order chi connectivity index (χ1) is 18.7. The first-order valence-corrected chi connectivity index (χ1v) is 12.0. The van der Waals surface area contributed by atoms with Crippen molar-refractivity contribution in [3.63, 3.8) is 0 Å². The lowest BCUT2D eigenvalue weighted by Crippen LogP contribution is -2.32. The topological polar surface area (TPSA) is 17.0 Å². The molecule has 0 spiro atoms. The minimum absolute atomic E-state index is 0.0197. The highest BCUT2D eigenvalue weighted by molar-refractivity contribution is 6.17. The predicted molar refractivity (Wildman–Crippen MR) is 148 cm³/mol. The normalized spacial score (nSPS) is 15.3. The van der Waals surface area contributed by atoms with E-state index in [-0.39, 0.29) is 11.1 Å². The summed E-state index contributed by atoms with van der Waals surface area (Å²) in [7, 11) is 1.81. The number of nitrogens with zero attached hydrogens (tertiary/aromatic N) is 1. The van der Waals surface area contributed by atoms with Gasteiger partial charge < -0.3 is 4.42 Å². The number of rotatable bonds is 2. The maximum absolute atomic E-state index is 9.01. The van der Waals surface area contributed by atoms with Crippen molar-refractivity contribution in [1.82, 2.24) is 0 Å². The van der Waals surface area contributed by atoms with Crippen molar-refractivity contribution >= 4 is 43.5 Å². The minimum Gasteiger partial charge on any atom is -0.455 e. The summed E-state index contributed by atoms with van der Waals surface area (Å²) < 4.78 is 50.9. The molecule has 0 N–H and O–H groups in total. The molecule has 2 heterocycles. The third-order valence-corrected chi connectivity index (χ3v) is 6.75. The number of pyridine rings is 1. The van der Waals surface area contributed by atoms with Crippen LogP contribution in [0.2, 0.25) is 0 Å². The molecule has 0 saturated heterocycles. The molecule has 2 aromatic heterocycles. The molecule has 0 saturated carbocycles. The van der Waals surface area contributed by atoms with Crippen molar-refractivity contribution in [3.05, 3.63) is 89.6 Å². The number of aromatic nitrogens is 1. The molecular weight excluding hydrogens is 426 g/mol. The number of furan rings is 1. The van der Waals surface area contributed by atoms with Gasteiger partial charge in [-0.05, 0) is 70.4 Å². The monoisotopic (exact) mass is 463 g/mol. The lowest BCUT2D eigenvalue weighted by molar-refractivity contribution is -0.660. The second kappa shape index (κ2) is 7.68. The molecule has 0 unspecified atom stereocenters. The van der Waals surface area contributed by atoms with Crippen molar-refractivity contribution in [2.24, 2.45) is 12.5 Å². The Bertz CT molecular complexity index is 1980. The molecule has 2 nitrogen and oxygen atoms in total. The van der Waals surface area contributed by atoms with Gasteiger partial charge in [0.1, 0.15) is 18.2 Å². The number of benzene rings is 4. The fourth-order valence-electron chi connectivity index (χ4n) is 5.16. The smallest absolute Gasteiger partial charge is 0.216 e. The molecule has 0 atom stereocenters. The van der Waals surface area contributed by atoms with Crippen LogP contribution in [0.25, 0.3) is 54.7 Å². The van der Waals surface area contributed by atoms with E-state index in [9.17, 15) is 0 Å². The summed E-state index contributed by atoms with van der Waals surface area (Å²) in [6.45, 7) is 4.92. The Kier molecular flexibility index (Phi) is 3.71. The average molecular weight is 464 g/mol. The van der Waals surface area contributed by atoms with Gasteiger partial charge in [0.15, 0.2) is 6.20 Å². The Balaban J connectivity index is 1.68. The quantitative estimate of drug-likeness (QED) is 0.186. The van der Waals surface area contributed by atoms with Crippen molar-refractivity contribution in [3.8, 4) is 11.3 Å². The molecule has 0 aliphatic rings. The Morgan fingerprint density at radius 3 is 2.46 bits per heavy atom. The largest absolute Gasteiger partial charge is 0.455 e. The molecule has 0 amide bonds. The van der Waals surface area contributed by atoms with Crippen LogP contribution in [-0.4, -0.2) is 0 Å². The Morgan fingerprint density at radius 1 is 0.857 bits per heavy atom. The highest BCUT2D eigenvalue weighted by Gasteiger charge is 2.24. The van der Waals surface area contributed by atoms with Gasteiger partial charge in [-0.3, -0.25) is 0 Å². The van der Waals surface area contributed by atoms with Gasteiger partial charge in [0.25, 0.3) is 0 Å². The third-order valence-electron chi connectivity index (χ3n) is 6.75. The maximum atomic E-state index is 9.01. The van der Waals surface area contributed by atoms with Gasteiger partial charge in [-0.25, -0.2) is 4.57 Å². The summed E-state index contributed by atoms with van der Waals surface area (Å²) in [4.78, 5) is 0. The number of hydrogen-bond donors (Lipinski definition) is 0. The highest BCUT2D eigenvalue weighted by Crippen LogP contribution is 2.40. The molecule has 174 valence electrons. The zero-order chi connectivity index (χ0) is 28.8. The van der Waals surface area contributed by atoms with Crippen LogP contribution < -0.4 is 4.57 Å². The van der Waals surface area contributed by atoms with Gasteiger partial charge in [-0.2, -0.15) is 0 Å². The summed E-state index contributed by atoms with van der Waals surface area (Å²) >= 11 is 0. The van der Waals surface area contributed by atoms with Gasteiger partial charge in [0.2, 0.25) is 5.69 Å². The second-order valence-corrected chi connectivity index (χ2v) is 10.6. The SMILES string of the molecule is [2H]C([2H])([2H])c1c[n+](C)c(-c2c(C)ccc3c2oc2cc4c(ccc5ccccc54)cc23)cc1C([2H])([2H])C(C)(C)C. The standard InChI is InChI=1S/C33H32NO/c1-20-11-14-26-28-15-23-13-12-22-9-7-8-10-25(22)27(23)17-30(28)35-32(26)31(20)29-16-24(18-33(3,4)5)21(2)19-34(29)6/h7-17,19H,18H2,1-6H3/q+1/i2D3,18D2. The Hall–Kier alpha value is -3.65. The molecule has 35 heavy (non-hydrogen) atoms. The molecule has 6 aromatic rings. The van der Waals surface area contributed by atoms with E-state index < -0.39 is 18.6 Å². The molecule has 0 aliphatic heterocycles. The second-order valence-electron chi connectivity index (χ2n) is 10.6. The maximum Gasteiger partial charge on any atom is 0.216 e. The van der Waals surface area contributed by atoms with E-state index in [2.05, 4.69) is 42.5 Å². The van der Waals surface area contributed by atoms with Crippen LogP contribution in [0.1, 0.15) is 44.3 Å².